The number of nitrogens with one attached hydrogen (secondary N) is 2. The lowest BCUT2D eigenvalue weighted by Gasteiger charge is -2.38. The van der Waals surface area contributed by atoms with Gasteiger partial charge in [0.15, 0.2) is 0 Å². The summed E-state index contributed by atoms with van der Waals surface area (Å²) in [5.41, 5.74) is 6.71. The Morgan fingerprint density at radius 1 is 0.923 bits per heavy atom. The standard InChI is InChI=1S/C31H32N6O2/c1-22(25-5-4-6-29(21-25)39-3)36-17-19-37(20-18-36)28-13-11-27(12-14-28)34-31-32-16-15-30(35-31)24-7-9-26(10-8-24)33-23(2)38/h4-16,21H,1,17-20H2,2-3H3,(H,33,38)(H,32,34,35). The normalized spacial score (nSPS) is 13.1. The maximum atomic E-state index is 11.3. The van der Waals surface area contributed by atoms with Crippen LogP contribution in [0.1, 0.15) is 12.5 Å². The Morgan fingerprint density at radius 2 is 1.64 bits per heavy atom. The van der Waals surface area contributed by atoms with E-state index in [0.717, 1.165) is 65.8 Å². The Hall–Kier alpha value is -4.85. The summed E-state index contributed by atoms with van der Waals surface area (Å²) in [6.45, 7) is 9.47. The zero-order chi connectivity index (χ0) is 27.2. The first-order valence-corrected chi connectivity index (χ1v) is 12.9. The smallest absolute Gasteiger partial charge is 0.227 e. The van der Waals surface area contributed by atoms with E-state index in [0.29, 0.717) is 5.95 Å². The van der Waals surface area contributed by atoms with Crippen LogP contribution in [0.4, 0.5) is 23.0 Å². The summed E-state index contributed by atoms with van der Waals surface area (Å²) in [4.78, 5) is 25.0. The number of methoxy groups -OCH3 is 1. The van der Waals surface area contributed by atoms with Crippen molar-refractivity contribution in [2.45, 2.75) is 6.92 Å². The molecule has 0 radical (unpaired) electrons. The van der Waals surface area contributed by atoms with E-state index < -0.39 is 0 Å². The summed E-state index contributed by atoms with van der Waals surface area (Å²) in [5, 5.41) is 6.08. The first-order valence-electron chi connectivity index (χ1n) is 12.9. The fraction of sp³-hybridized carbons (Fsp3) is 0.194. The fourth-order valence-corrected chi connectivity index (χ4v) is 4.61. The number of rotatable bonds is 8. The van der Waals surface area contributed by atoms with Gasteiger partial charge in [0.2, 0.25) is 11.9 Å². The monoisotopic (exact) mass is 520 g/mol. The van der Waals surface area contributed by atoms with Crippen LogP contribution in [0, 0.1) is 0 Å². The Kier molecular flexibility index (Phi) is 7.73. The van der Waals surface area contributed by atoms with Gasteiger partial charge >= 0.3 is 0 Å². The van der Waals surface area contributed by atoms with Crippen molar-refractivity contribution in [1.29, 1.82) is 0 Å². The van der Waals surface area contributed by atoms with Gasteiger partial charge in [0.05, 0.1) is 12.8 Å². The van der Waals surface area contributed by atoms with Gasteiger partial charge in [0.25, 0.3) is 0 Å². The van der Waals surface area contributed by atoms with Crippen molar-refractivity contribution in [1.82, 2.24) is 14.9 Å². The second-order valence-corrected chi connectivity index (χ2v) is 9.35. The van der Waals surface area contributed by atoms with Crippen LogP contribution in [-0.2, 0) is 4.79 Å². The molecule has 0 bridgehead atoms. The largest absolute Gasteiger partial charge is 0.497 e. The van der Waals surface area contributed by atoms with Crippen LogP contribution in [0.5, 0.6) is 5.75 Å². The minimum atomic E-state index is -0.0973. The van der Waals surface area contributed by atoms with Gasteiger partial charge in [-0.25, -0.2) is 9.97 Å². The second kappa shape index (κ2) is 11.7. The molecular weight excluding hydrogens is 488 g/mol. The third kappa shape index (κ3) is 6.35. The van der Waals surface area contributed by atoms with Gasteiger partial charge in [-0.05, 0) is 54.6 Å². The van der Waals surface area contributed by atoms with Crippen molar-refractivity contribution in [3.63, 3.8) is 0 Å². The van der Waals surface area contributed by atoms with Crippen LogP contribution < -0.4 is 20.3 Å². The Bertz CT molecular complexity index is 1440. The minimum Gasteiger partial charge on any atom is -0.497 e. The molecule has 8 nitrogen and oxygen atoms in total. The van der Waals surface area contributed by atoms with Gasteiger partial charge in [-0.2, -0.15) is 0 Å². The van der Waals surface area contributed by atoms with Gasteiger partial charge < -0.3 is 25.2 Å². The number of amides is 1. The molecule has 2 heterocycles. The second-order valence-electron chi connectivity index (χ2n) is 9.35. The molecule has 1 amide bonds. The summed E-state index contributed by atoms with van der Waals surface area (Å²) in [7, 11) is 1.68. The molecule has 1 aliphatic rings. The average Bonchev–Trinajstić information content (AvgIpc) is 2.97. The van der Waals surface area contributed by atoms with E-state index in [9.17, 15) is 4.79 Å². The van der Waals surface area contributed by atoms with E-state index in [1.807, 2.05) is 48.5 Å². The summed E-state index contributed by atoms with van der Waals surface area (Å²) >= 11 is 0. The molecule has 0 aliphatic carbocycles. The van der Waals surface area contributed by atoms with E-state index in [2.05, 4.69) is 67.3 Å². The SMILES string of the molecule is C=C(c1cccc(OC)c1)N1CCN(c2ccc(Nc3nccc(-c4ccc(NC(C)=O)cc4)n3)cc2)CC1. The predicted molar refractivity (Wildman–Crippen MR) is 157 cm³/mol. The predicted octanol–water partition coefficient (Wildman–Crippen LogP) is 5.65. The van der Waals surface area contributed by atoms with Crippen LogP contribution in [-0.4, -0.2) is 54.1 Å². The molecule has 1 aliphatic heterocycles. The van der Waals surface area contributed by atoms with Crippen LogP contribution in [0.25, 0.3) is 17.0 Å². The molecule has 39 heavy (non-hydrogen) atoms. The molecule has 198 valence electrons. The molecule has 0 spiro atoms. The van der Waals surface area contributed by atoms with Crippen molar-refractivity contribution in [2.24, 2.45) is 0 Å². The zero-order valence-corrected chi connectivity index (χ0v) is 22.2. The lowest BCUT2D eigenvalue weighted by Crippen LogP contribution is -2.45. The number of ether oxygens (including phenoxy) is 1. The van der Waals surface area contributed by atoms with Crippen molar-refractivity contribution in [3.05, 3.63) is 97.2 Å². The van der Waals surface area contributed by atoms with E-state index in [1.54, 1.807) is 13.3 Å². The number of hydrogen-bond donors (Lipinski definition) is 2. The number of piperazine rings is 1. The molecule has 8 heteroatoms. The van der Waals surface area contributed by atoms with Crippen LogP contribution in [0.3, 0.4) is 0 Å². The average molecular weight is 521 g/mol. The highest BCUT2D eigenvalue weighted by Crippen LogP contribution is 2.26. The maximum absolute atomic E-state index is 11.3. The number of nitrogens with zero attached hydrogens (tertiary/aromatic N) is 4. The Balaban J connectivity index is 1.18. The first-order chi connectivity index (χ1) is 19.0. The molecule has 0 unspecified atom stereocenters. The van der Waals surface area contributed by atoms with Crippen LogP contribution in [0.2, 0.25) is 0 Å². The van der Waals surface area contributed by atoms with Crippen molar-refractivity contribution in [3.8, 4) is 17.0 Å². The van der Waals surface area contributed by atoms with Crippen LogP contribution >= 0.6 is 0 Å². The van der Waals surface area contributed by atoms with E-state index in [4.69, 9.17) is 4.74 Å². The number of carbonyl (C=O) groups is 1. The van der Waals surface area contributed by atoms with Gasteiger partial charge in [-0.1, -0.05) is 30.8 Å². The first kappa shape index (κ1) is 25.8. The Labute approximate surface area is 229 Å². The highest BCUT2D eigenvalue weighted by molar-refractivity contribution is 5.88. The minimum absolute atomic E-state index is 0.0973. The quantitative estimate of drug-likeness (QED) is 0.311. The van der Waals surface area contributed by atoms with E-state index in [1.165, 1.54) is 12.6 Å². The van der Waals surface area contributed by atoms with E-state index in [-0.39, 0.29) is 5.91 Å². The summed E-state index contributed by atoms with van der Waals surface area (Å²) in [6, 6.07) is 25.8. The summed E-state index contributed by atoms with van der Waals surface area (Å²) < 4.78 is 5.36. The Morgan fingerprint density at radius 3 is 2.33 bits per heavy atom. The number of benzene rings is 3. The molecule has 5 rings (SSSR count). The molecule has 1 fully saturated rings. The van der Waals surface area contributed by atoms with Crippen molar-refractivity contribution in [2.75, 3.05) is 48.8 Å². The topological polar surface area (TPSA) is 82.6 Å². The van der Waals surface area contributed by atoms with Crippen LogP contribution in [0.15, 0.2) is 91.6 Å². The fourth-order valence-electron chi connectivity index (χ4n) is 4.61. The zero-order valence-electron chi connectivity index (χ0n) is 22.2. The molecule has 4 aromatic rings. The molecular formula is C31H32N6O2. The molecule has 1 saturated heterocycles. The number of anilines is 4. The molecule has 3 aromatic carbocycles. The number of aromatic nitrogens is 2. The van der Waals surface area contributed by atoms with Crippen molar-refractivity contribution >= 4 is 34.6 Å². The third-order valence-corrected chi connectivity index (χ3v) is 6.71. The summed E-state index contributed by atoms with van der Waals surface area (Å²) in [5.74, 6) is 1.27. The van der Waals surface area contributed by atoms with Gasteiger partial charge in [-0.3, -0.25) is 4.79 Å². The maximum Gasteiger partial charge on any atom is 0.227 e. The third-order valence-electron chi connectivity index (χ3n) is 6.71. The highest BCUT2D eigenvalue weighted by Gasteiger charge is 2.19. The molecule has 1 aromatic heterocycles. The number of carbonyl (C=O) groups excluding carboxylic acids is 1. The highest BCUT2D eigenvalue weighted by atomic mass is 16.5. The van der Waals surface area contributed by atoms with E-state index >= 15 is 0 Å². The molecule has 0 saturated carbocycles. The molecule has 2 N–H and O–H groups in total. The molecule has 0 atom stereocenters. The lowest BCUT2D eigenvalue weighted by molar-refractivity contribution is -0.114. The lowest BCUT2D eigenvalue weighted by atomic mass is 10.1. The van der Waals surface area contributed by atoms with Gasteiger partial charge in [0, 0.05) is 73.2 Å². The van der Waals surface area contributed by atoms with Gasteiger partial charge in [-0.15, -0.1) is 0 Å². The number of hydrogen-bond acceptors (Lipinski definition) is 7. The summed E-state index contributed by atoms with van der Waals surface area (Å²) in [6.07, 6.45) is 1.74. The van der Waals surface area contributed by atoms with Gasteiger partial charge in [0.1, 0.15) is 5.75 Å². The van der Waals surface area contributed by atoms with Crippen molar-refractivity contribution < 1.29 is 9.53 Å².